The molecule has 1 aliphatic heterocycles. The van der Waals surface area contributed by atoms with E-state index in [1.165, 1.54) is 39.7 Å². The maximum atomic E-state index is 14.2. The second kappa shape index (κ2) is 17.3. The molecule has 0 radical (unpaired) electrons. The first-order valence-electron chi connectivity index (χ1n) is 16.7. The van der Waals surface area contributed by atoms with Gasteiger partial charge in [-0.15, -0.1) is 0 Å². The SMILES string of the molecule is CCC(C)[C@@H](C(=O)N[C@@H](Cc1ccccc1)[C@H](O)CN(CC(C)C)S(=O)(=O)c1ccc(/C=N/O)cc1)N1CC(=O)N(Cc2ccncc2)C1=O. The highest BCUT2D eigenvalue weighted by Gasteiger charge is 2.45. The van der Waals surface area contributed by atoms with Crippen LogP contribution in [0, 0.1) is 11.8 Å². The molecule has 3 N–H and O–H groups in total. The topological polar surface area (TPSA) is 173 Å². The average Bonchev–Trinajstić information content (AvgIpc) is 3.36. The maximum absolute atomic E-state index is 14.2. The van der Waals surface area contributed by atoms with E-state index in [1.807, 2.05) is 58.0 Å². The van der Waals surface area contributed by atoms with Gasteiger partial charge in [0.1, 0.15) is 12.6 Å². The van der Waals surface area contributed by atoms with Gasteiger partial charge >= 0.3 is 6.03 Å². The summed E-state index contributed by atoms with van der Waals surface area (Å²) >= 11 is 0. The zero-order chi connectivity index (χ0) is 36.4. The number of carbonyl (C=O) groups excluding carboxylic acids is 3. The number of nitrogens with zero attached hydrogens (tertiary/aromatic N) is 5. The summed E-state index contributed by atoms with van der Waals surface area (Å²) in [5, 5.41) is 26.5. The van der Waals surface area contributed by atoms with E-state index in [0.717, 1.165) is 16.0 Å². The highest BCUT2D eigenvalue weighted by Crippen LogP contribution is 2.24. The van der Waals surface area contributed by atoms with Gasteiger partial charge in [-0.25, -0.2) is 13.2 Å². The number of rotatable bonds is 17. The molecule has 50 heavy (non-hydrogen) atoms. The Morgan fingerprint density at radius 1 is 1.00 bits per heavy atom. The summed E-state index contributed by atoms with van der Waals surface area (Å²) in [6.45, 7) is 6.97. The number of imide groups is 1. The minimum Gasteiger partial charge on any atom is -0.411 e. The van der Waals surface area contributed by atoms with Crippen molar-refractivity contribution in [1.82, 2.24) is 24.4 Å². The van der Waals surface area contributed by atoms with Crippen molar-refractivity contribution >= 4 is 34.1 Å². The van der Waals surface area contributed by atoms with E-state index in [4.69, 9.17) is 5.21 Å². The predicted octanol–water partition coefficient (Wildman–Crippen LogP) is 3.50. The zero-order valence-corrected chi connectivity index (χ0v) is 29.6. The summed E-state index contributed by atoms with van der Waals surface area (Å²) in [4.78, 5) is 47.3. The molecule has 1 aromatic heterocycles. The highest BCUT2D eigenvalue weighted by atomic mass is 32.2. The number of hydrogen-bond acceptors (Lipinski definition) is 9. The first-order chi connectivity index (χ1) is 23.8. The second-order valence-electron chi connectivity index (χ2n) is 13.0. The van der Waals surface area contributed by atoms with Crippen LogP contribution in [0.25, 0.3) is 0 Å². The van der Waals surface area contributed by atoms with E-state index in [9.17, 15) is 27.9 Å². The van der Waals surface area contributed by atoms with Crippen LogP contribution in [0.3, 0.4) is 0 Å². The number of urea groups is 1. The summed E-state index contributed by atoms with van der Waals surface area (Å²) in [5.41, 5.74) is 2.02. The van der Waals surface area contributed by atoms with Crippen LogP contribution in [-0.2, 0) is 32.6 Å². The minimum absolute atomic E-state index is 0.00514. The molecule has 4 rings (SSSR count). The molecule has 14 heteroatoms. The lowest BCUT2D eigenvalue weighted by atomic mass is 9.95. The Balaban J connectivity index is 1.61. The van der Waals surface area contributed by atoms with Gasteiger partial charge in [-0.2, -0.15) is 4.31 Å². The summed E-state index contributed by atoms with van der Waals surface area (Å²) < 4.78 is 29.0. The molecule has 1 aliphatic rings. The molecular weight excluding hydrogens is 660 g/mol. The van der Waals surface area contributed by atoms with Crippen LogP contribution >= 0.6 is 0 Å². The highest BCUT2D eigenvalue weighted by molar-refractivity contribution is 7.89. The van der Waals surface area contributed by atoms with Gasteiger partial charge in [0, 0.05) is 25.5 Å². The van der Waals surface area contributed by atoms with Gasteiger partial charge in [0.25, 0.3) is 5.91 Å². The van der Waals surface area contributed by atoms with Gasteiger partial charge in [-0.1, -0.05) is 81.7 Å². The lowest BCUT2D eigenvalue weighted by molar-refractivity contribution is -0.129. The van der Waals surface area contributed by atoms with Crippen molar-refractivity contribution in [2.24, 2.45) is 17.0 Å². The third-order valence-electron chi connectivity index (χ3n) is 8.74. The van der Waals surface area contributed by atoms with Crippen LogP contribution < -0.4 is 5.32 Å². The molecule has 0 bridgehead atoms. The van der Waals surface area contributed by atoms with Crippen molar-refractivity contribution in [3.8, 4) is 0 Å². The van der Waals surface area contributed by atoms with Crippen molar-refractivity contribution in [2.45, 2.75) is 70.2 Å². The number of amides is 4. The molecule has 1 unspecified atom stereocenters. The lowest BCUT2D eigenvalue weighted by Gasteiger charge is -2.34. The van der Waals surface area contributed by atoms with E-state index in [2.05, 4.69) is 15.5 Å². The van der Waals surface area contributed by atoms with E-state index in [1.54, 1.807) is 24.5 Å². The van der Waals surface area contributed by atoms with Crippen LogP contribution in [0.1, 0.15) is 50.8 Å². The molecule has 0 aliphatic carbocycles. The monoisotopic (exact) mass is 706 g/mol. The molecule has 0 spiro atoms. The van der Waals surface area contributed by atoms with E-state index in [0.29, 0.717) is 12.0 Å². The first-order valence-corrected chi connectivity index (χ1v) is 18.1. The van der Waals surface area contributed by atoms with Crippen LogP contribution in [0.15, 0.2) is 89.2 Å². The molecule has 2 heterocycles. The molecule has 4 atom stereocenters. The van der Waals surface area contributed by atoms with Crippen LogP contribution in [-0.4, -0.2) is 99.7 Å². The smallest absolute Gasteiger partial charge is 0.328 e. The fourth-order valence-electron chi connectivity index (χ4n) is 5.91. The van der Waals surface area contributed by atoms with Gasteiger partial charge < -0.3 is 20.5 Å². The number of hydrogen-bond donors (Lipinski definition) is 3. The molecule has 13 nitrogen and oxygen atoms in total. The number of aliphatic hydroxyl groups is 1. The minimum atomic E-state index is -4.10. The van der Waals surface area contributed by atoms with Crippen LogP contribution in [0.5, 0.6) is 0 Å². The van der Waals surface area contributed by atoms with Crippen molar-refractivity contribution in [3.63, 3.8) is 0 Å². The lowest BCUT2D eigenvalue weighted by Crippen LogP contribution is -2.57. The average molecular weight is 707 g/mol. The number of sulfonamides is 1. The van der Waals surface area contributed by atoms with E-state index < -0.39 is 46.1 Å². The fraction of sp³-hybridized carbons (Fsp3) is 0.417. The van der Waals surface area contributed by atoms with Gasteiger partial charge in [0.2, 0.25) is 15.9 Å². The Morgan fingerprint density at radius 3 is 2.26 bits per heavy atom. The number of nitrogens with one attached hydrogen (secondary N) is 1. The zero-order valence-electron chi connectivity index (χ0n) is 28.8. The standard InChI is InChI=1S/C36H46N6O7S/c1-5-26(4)34(42-24-33(44)41(36(42)46)22-29-15-17-37-18-16-29)35(45)39-31(19-27-9-7-6-8-10-27)32(43)23-40(21-25(2)3)50(48,49)30-13-11-28(12-14-30)20-38-47/h6-18,20,25-26,31-32,34,43,47H,5,19,21-24H2,1-4H3,(H,39,45)/b38-20+/t26?,31-,32+,34-/m0/s1. The van der Waals surface area contributed by atoms with Crippen molar-refractivity contribution < 1.29 is 33.1 Å². The Bertz CT molecular complexity index is 1720. The third-order valence-corrected chi connectivity index (χ3v) is 10.6. The predicted molar refractivity (Wildman–Crippen MR) is 188 cm³/mol. The summed E-state index contributed by atoms with van der Waals surface area (Å²) in [6, 6.07) is 15.9. The molecule has 1 saturated heterocycles. The molecule has 3 aromatic rings. The third kappa shape index (κ3) is 9.52. The molecule has 2 aromatic carbocycles. The summed E-state index contributed by atoms with van der Waals surface area (Å²) in [5.74, 6) is -1.42. The summed E-state index contributed by atoms with van der Waals surface area (Å²) in [6.07, 6.45) is 3.67. The largest absolute Gasteiger partial charge is 0.411 e. The normalized spacial score (nSPS) is 16.3. The van der Waals surface area contributed by atoms with Crippen molar-refractivity contribution in [2.75, 3.05) is 19.6 Å². The Morgan fingerprint density at radius 2 is 1.66 bits per heavy atom. The first kappa shape index (κ1) is 38.1. The molecule has 268 valence electrons. The summed E-state index contributed by atoms with van der Waals surface area (Å²) in [7, 11) is -4.10. The van der Waals surface area contributed by atoms with Gasteiger partial charge in [0.05, 0.1) is 29.8 Å². The van der Waals surface area contributed by atoms with Gasteiger partial charge in [-0.05, 0) is 59.2 Å². The fourth-order valence-corrected chi connectivity index (χ4v) is 7.53. The number of pyridine rings is 1. The number of benzene rings is 2. The van der Waals surface area contributed by atoms with Crippen molar-refractivity contribution in [3.05, 3.63) is 95.8 Å². The Kier molecular flexibility index (Phi) is 13.2. The molecular formula is C36H46N6O7S. The Hall–Kier alpha value is -4.66. The number of carbonyl (C=O) groups is 3. The number of aromatic nitrogens is 1. The van der Waals surface area contributed by atoms with E-state index >= 15 is 0 Å². The molecule has 1 fully saturated rings. The van der Waals surface area contributed by atoms with Crippen LogP contribution in [0.2, 0.25) is 0 Å². The van der Waals surface area contributed by atoms with Crippen LogP contribution in [0.4, 0.5) is 4.79 Å². The molecule has 0 saturated carbocycles. The quantitative estimate of drug-likeness (QED) is 0.0828. The molecule has 4 amide bonds. The van der Waals surface area contributed by atoms with Gasteiger partial charge in [0.15, 0.2) is 0 Å². The van der Waals surface area contributed by atoms with Crippen molar-refractivity contribution in [1.29, 1.82) is 0 Å². The Labute approximate surface area is 293 Å². The van der Waals surface area contributed by atoms with Gasteiger partial charge in [-0.3, -0.25) is 19.5 Å². The second-order valence-corrected chi connectivity index (χ2v) is 14.9. The van der Waals surface area contributed by atoms with E-state index in [-0.39, 0.29) is 49.3 Å². The number of aliphatic hydroxyl groups excluding tert-OH is 1. The number of oxime groups is 1. The maximum Gasteiger partial charge on any atom is 0.328 e.